The van der Waals surface area contributed by atoms with Crippen LogP contribution in [0.1, 0.15) is 220 Å². The summed E-state index contributed by atoms with van der Waals surface area (Å²) in [5, 5.41) is 0. The zero-order chi connectivity index (χ0) is 45.1. The summed E-state index contributed by atoms with van der Waals surface area (Å²) in [5.74, 6) is -0.953. The molecule has 0 fully saturated rings. The Morgan fingerprint density at radius 3 is 1.08 bits per heavy atom. The highest BCUT2D eigenvalue weighted by Crippen LogP contribution is 2.14. The molecule has 6 heteroatoms. The molecule has 352 valence electrons. The minimum absolute atomic E-state index is 0.0963. The number of allylic oxidation sites excluding steroid dienone is 16. The second-order valence-electron chi connectivity index (χ2n) is 16.5. The Bertz CT molecular complexity index is 1260. The second kappa shape index (κ2) is 50.0. The predicted octanol–water partition coefficient (Wildman–Crippen LogP) is 16.6. The topological polar surface area (TPSA) is 78.9 Å². The minimum atomic E-state index is -0.798. The predicted molar refractivity (Wildman–Crippen MR) is 265 cm³/mol. The van der Waals surface area contributed by atoms with Crippen LogP contribution in [0, 0.1) is 0 Å². The second-order valence-corrected chi connectivity index (χ2v) is 16.5. The molecular formula is C56H92O6. The molecule has 0 heterocycles. The van der Waals surface area contributed by atoms with Gasteiger partial charge < -0.3 is 14.2 Å². The summed E-state index contributed by atoms with van der Waals surface area (Å²) in [7, 11) is 0. The molecule has 0 aliphatic rings. The lowest BCUT2D eigenvalue weighted by atomic mass is 10.0. The number of unbranched alkanes of at least 4 members (excludes halogenated alkanes) is 23. The number of carbonyl (C=O) groups excluding carboxylic acids is 3. The zero-order valence-electron chi connectivity index (χ0n) is 40.1. The fourth-order valence-corrected chi connectivity index (χ4v) is 6.71. The smallest absolute Gasteiger partial charge is 0.306 e. The molecule has 0 aliphatic carbocycles. The zero-order valence-corrected chi connectivity index (χ0v) is 40.1. The van der Waals surface area contributed by atoms with E-state index in [2.05, 4.69) is 45.1 Å². The van der Waals surface area contributed by atoms with Crippen molar-refractivity contribution in [3.05, 3.63) is 97.2 Å². The maximum atomic E-state index is 12.8. The van der Waals surface area contributed by atoms with Gasteiger partial charge in [0.05, 0.1) is 0 Å². The van der Waals surface area contributed by atoms with E-state index in [1.807, 2.05) is 72.9 Å². The van der Waals surface area contributed by atoms with Gasteiger partial charge in [0.1, 0.15) is 13.2 Å². The van der Waals surface area contributed by atoms with Crippen molar-refractivity contribution in [3.63, 3.8) is 0 Å². The summed E-state index contributed by atoms with van der Waals surface area (Å²) >= 11 is 0. The summed E-state index contributed by atoms with van der Waals surface area (Å²) in [4.78, 5) is 37.9. The Balaban J connectivity index is 4.49. The summed E-state index contributed by atoms with van der Waals surface area (Å²) in [6, 6.07) is 0. The SMILES string of the molecule is CC\C=C/C=C\C=C/C=C\C=C\C=C/C=C\CCCCCC(=O)OCC(COC(=O)CCCCCCC/C=C\CCCCC)OC(=O)CCCCCCCCCCCCCCC. The summed E-state index contributed by atoms with van der Waals surface area (Å²) in [6.45, 7) is 6.41. The van der Waals surface area contributed by atoms with Crippen LogP contribution >= 0.6 is 0 Å². The van der Waals surface area contributed by atoms with Gasteiger partial charge in [-0.15, -0.1) is 0 Å². The van der Waals surface area contributed by atoms with Gasteiger partial charge in [-0.1, -0.05) is 234 Å². The van der Waals surface area contributed by atoms with E-state index in [0.717, 1.165) is 83.5 Å². The van der Waals surface area contributed by atoms with Crippen LogP contribution in [0.5, 0.6) is 0 Å². The van der Waals surface area contributed by atoms with Gasteiger partial charge in [0.2, 0.25) is 0 Å². The van der Waals surface area contributed by atoms with Crippen LogP contribution in [0.3, 0.4) is 0 Å². The molecule has 0 radical (unpaired) electrons. The number of esters is 3. The molecule has 0 rings (SSSR count). The summed E-state index contributed by atoms with van der Waals surface area (Å²) < 4.78 is 16.7. The average molecular weight is 861 g/mol. The summed E-state index contributed by atoms with van der Waals surface area (Å²) in [5.41, 5.74) is 0. The molecule has 1 atom stereocenters. The number of rotatable bonds is 44. The number of hydrogen-bond acceptors (Lipinski definition) is 6. The molecule has 0 amide bonds. The maximum absolute atomic E-state index is 12.8. The normalized spacial score (nSPS) is 12.9. The van der Waals surface area contributed by atoms with E-state index in [1.165, 1.54) is 96.3 Å². The Kier molecular flexibility index (Phi) is 47.0. The minimum Gasteiger partial charge on any atom is -0.462 e. The van der Waals surface area contributed by atoms with Gasteiger partial charge in [-0.3, -0.25) is 14.4 Å². The monoisotopic (exact) mass is 861 g/mol. The van der Waals surface area contributed by atoms with E-state index in [4.69, 9.17) is 14.2 Å². The van der Waals surface area contributed by atoms with Crippen LogP contribution in [-0.4, -0.2) is 37.2 Å². The Morgan fingerprint density at radius 2 is 0.645 bits per heavy atom. The molecule has 0 saturated carbocycles. The molecule has 0 aromatic heterocycles. The Hall–Kier alpha value is -3.67. The van der Waals surface area contributed by atoms with Gasteiger partial charge in [-0.25, -0.2) is 0 Å². The Labute approximate surface area is 381 Å². The molecule has 0 saturated heterocycles. The lowest BCUT2D eigenvalue weighted by Crippen LogP contribution is -2.30. The van der Waals surface area contributed by atoms with Crippen LogP contribution in [0.15, 0.2) is 97.2 Å². The molecule has 0 aliphatic heterocycles. The highest BCUT2D eigenvalue weighted by Gasteiger charge is 2.19. The lowest BCUT2D eigenvalue weighted by molar-refractivity contribution is -0.167. The highest BCUT2D eigenvalue weighted by atomic mass is 16.6. The number of carbonyl (C=O) groups is 3. The van der Waals surface area contributed by atoms with Gasteiger partial charge >= 0.3 is 17.9 Å². The molecule has 62 heavy (non-hydrogen) atoms. The van der Waals surface area contributed by atoms with Crippen molar-refractivity contribution in [3.8, 4) is 0 Å². The first-order valence-electron chi connectivity index (χ1n) is 25.3. The molecule has 6 nitrogen and oxygen atoms in total. The van der Waals surface area contributed by atoms with Crippen molar-refractivity contribution in [2.75, 3.05) is 13.2 Å². The van der Waals surface area contributed by atoms with E-state index < -0.39 is 6.10 Å². The molecule has 0 aromatic rings. The molecule has 0 aromatic carbocycles. The van der Waals surface area contributed by atoms with E-state index in [0.29, 0.717) is 19.3 Å². The van der Waals surface area contributed by atoms with Crippen molar-refractivity contribution in [1.29, 1.82) is 0 Å². The Morgan fingerprint density at radius 1 is 0.339 bits per heavy atom. The van der Waals surface area contributed by atoms with E-state index >= 15 is 0 Å². The van der Waals surface area contributed by atoms with Gasteiger partial charge in [0, 0.05) is 19.3 Å². The third-order valence-electron chi connectivity index (χ3n) is 10.5. The van der Waals surface area contributed by atoms with Crippen molar-refractivity contribution >= 4 is 17.9 Å². The lowest BCUT2D eigenvalue weighted by Gasteiger charge is -2.18. The van der Waals surface area contributed by atoms with Gasteiger partial charge in [-0.2, -0.15) is 0 Å². The highest BCUT2D eigenvalue weighted by molar-refractivity contribution is 5.71. The third kappa shape index (κ3) is 47.4. The fraction of sp³-hybridized carbons (Fsp3) is 0.661. The number of hydrogen-bond donors (Lipinski definition) is 0. The third-order valence-corrected chi connectivity index (χ3v) is 10.5. The quantitative estimate of drug-likeness (QED) is 0.0200. The van der Waals surface area contributed by atoms with Gasteiger partial charge in [0.25, 0.3) is 0 Å². The maximum Gasteiger partial charge on any atom is 0.306 e. The first-order valence-corrected chi connectivity index (χ1v) is 25.3. The van der Waals surface area contributed by atoms with Crippen LogP contribution in [0.4, 0.5) is 0 Å². The van der Waals surface area contributed by atoms with Crippen LogP contribution in [0.25, 0.3) is 0 Å². The van der Waals surface area contributed by atoms with E-state index in [1.54, 1.807) is 0 Å². The van der Waals surface area contributed by atoms with Crippen LogP contribution in [0.2, 0.25) is 0 Å². The summed E-state index contributed by atoms with van der Waals surface area (Å²) in [6.07, 6.45) is 65.2. The van der Waals surface area contributed by atoms with Crippen molar-refractivity contribution in [1.82, 2.24) is 0 Å². The van der Waals surface area contributed by atoms with E-state index in [9.17, 15) is 14.4 Å². The largest absolute Gasteiger partial charge is 0.462 e. The molecule has 1 unspecified atom stereocenters. The molecular weight excluding hydrogens is 769 g/mol. The van der Waals surface area contributed by atoms with Crippen molar-refractivity contribution < 1.29 is 28.6 Å². The van der Waals surface area contributed by atoms with Gasteiger partial charge in [-0.05, 0) is 64.2 Å². The molecule has 0 bridgehead atoms. The molecule has 0 N–H and O–H groups in total. The van der Waals surface area contributed by atoms with Crippen LogP contribution < -0.4 is 0 Å². The fourth-order valence-electron chi connectivity index (χ4n) is 6.71. The standard InChI is InChI=1S/C56H92O6/c1-4-7-10-13-16-19-22-25-26-27-28-29-30-32-34-37-40-43-46-49-55(58)61-52-53(51-60-54(57)48-45-42-39-36-33-24-21-18-15-12-9-6-3)62-56(59)50-47-44-41-38-35-31-23-20-17-14-11-8-5-2/h7,10,13,16,18-19,21-22,25-30,32,34,53H,4-6,8-9,11-12,14-15,17,20,23-24,31,33,35-52H2,1-3H3/b10-7-,16-13-,21-18-,22-19-,26-25-,28-27+,30-29-,34-32-. The van der Waals surface area contributed by atoms with Gasteiger partial charge in [0.15, 0.2) is 6.10 Å². The first-order chi connectivity index (χ1) is 30.5. The molecule has 0 spiro atoms. The first kappa shape index (κ1) is 58.3. The van der Waals surface area contributed by atoms with Crippen molar-refractivity contribution in [2.45, 2.75) is 226 Å². The number of ether oxygens (including phenoxy) is 3. The average Bonchev–Trinajstić information content (AvgIpc) is 3.27. The van der Waals surface area contributed by atoms with E-state index in [-0.39, 0.29) is 31.1 Å². The van der Waals surface area contributed by atoms with Crippen molar-refractivity contribution in [2.24, 2.45) is 0 Å². The van der Waals surface area contributed by atoms with Crippen LogP contribution in [-0.2, 0) is 28.6 Å².